The summed E-state index contributed by atoms with van der Waals surface area (Å²) in [6.07, 6.45) is -9.17. The number of hydrogen-bond acceptors (Lipinski definition) is 4. The van der Waals surface area contributed by atoms with Crippen LogP contribution in [0, 0.1) is 0 Å². The second-order valence-electron chi connectivity index (χ2n) is 4.13. The first-order valence-corrected chi connectivity index (χ1v) is 5.43. The number of carbonyl (C=O) groups is 2. The van der Waals surface area contributed by atoms with E-state index in [1.165, 1.54) is 12.2 Å². The molecule has 9 heteroatoms. The number of carbonyl (C=O) groups excluding carboxylic acids is 2. The lowest BCUT2D eigenvalue weighted by molar-refractivity contribution is -0.185. The fourth-order valence-electron chi connectivity index (χ4n) is 1.71. The molecule has 0 aromatic heterocycles. The summed E-state index contributed by atoms with van der Waals surface area (Å²) in [5, 5.41) is 1.50. The molecule has 19 heavy (non-hydrogen) atoms. The molecule has 1 rings (SSSR count). The van der Waals surface area contributed by atoms with Gasteiger partial charge in [-0.25, -0.2) is 4.39 Å². The van der Waals surface area contributed by atoms with E-state index in [9.17, 15) is 27.2 Å². The van der Waals surface area contributed by atoms with Crippen LogP contribution >= 0.6 is 0 Å². The van der Waals surface area contributed by atoms with E-state index in [0.717, 1.165) is 6.92 Å². The van der Waals surface area contributed by atoms with Crippen LogP contribution in [-0.2, 0) is 19.1 Å². The van der Waals surface area contributed by atoms with E-state index in [1.807, 2.05) is 0 Å². The first-order chi connectivity index (χ1) is 8.62. The standard InChI is InChI=1S/C10H13F4NO4/c1-4-8(19-5(2)16)7(6(11)3-18-4)15-9(17)10(12,13)14/h4,6-8H,3H2,1-2H3,(H,15,17)/t4-,6+,7+,8+/m1/s1. The number of ether oxygens (including phenoxy) is 2. The fraction of sp³-hybridized carbons (Fsp3) is 0.800. The van der Waals surface area contributed by atoms with Crippen LogP contribution in [0.4, 0.5) is 17.6 Å². The summed E-state index contributed by atoms with van der Waals surface area (Å²) in [5.74, 6) is -3.09. The summed E-state index contributed by atoms with van der Waals surface area (Å²) in [6, 6.07) is -1.60. The van der Waals surface area contributed by atoms with Crippen molar-refractivity contribution in [2.45, 2.75) is 44.4 Å². The SMILES string of the molecule is CC(=O)O[C@@H]1[C@@H](NC(=O)C(F)(F)F)[C@@H](F)CO[C@@H]1C. The Balaban J connectivity index is 2.84. The maximum absolute atomic E-state index is 13.6. The van der Waals surface area contributed by atoms with E-state index in [0.29, 0.717) is 0 Å². The lowest BCUT2D eigenvalue weighted by Crippen LogP contribution is -2.61. The zero-order valence-electron chi connectivity index (χ0n) is 10.2. The number of hydrogen-bond donors (Lipinski definition) is 1. The van der Waals surface area contributed by atoms with Crippen LogP contribution in [0.2, 0.25) is 0 Å². The Hall–Kier alpha value is -1.38. The Morgan fingerprint density at radius 3 is 2.42 bits per heavy atom. The minimum atomic E-state index is -5.14. The number of amides is 1. The fourth-order valence-corrected chi connectivity index (χ4v) is 1.71. The van der Waals surface area contributed by atoms with Crippen molar-refractivity contribution in [2.75, 3.05) is 6.61 Å². The average molecular weight is 287 g/mol. The highest BCUT2D eigenvalue weighted by atomic mass is 19.4. The van der Waals surface area contributed by atoms with Gasteiger partial charge in [-0.2, -0.15) is 13.2 Å². The number of esters is 1. The van der Waals surface area contributed by atoms with Crippen molar-refractivity contribution in [1.82, 2.24) is 5.32 Å². The molecule has 0 aliphatic carbocycles. The quantitative estimate of drug-likeness (QED) is 0.600. The van der Waals surface area contributed by atoms with Gasteiger partial charge in [0, 0.05) is 6.92 Å². The lowest BCUT2D eigenvalue weighted by atomic mass is 9.98. The third-order valence-corrected chi connectivity index (χ3v) is 2.58. The number of rotatable bonds is 2. The number of nitrogens with one attached hydrogen (secondary N) is 1. The molecule has 1 saturated heterocycles. The van der Waals surface area contributed by atoms with Gasteiger partial charge in [0.2, 0.25) is 0 Å². The van der Waals surface area contributed by atoms with Crippen LogP contribution in [0.1, 0.15) is 13.8 Å². The highest BCUT2D eigenvalue weighted by molar-refractivity contribution is 5.82. The van der Waals surface area contributed by atoms with E-state index in [4.69, 9.17) is 9.47 Å². The van der Waals surface area contributed by atoms with E-state index < -0.39 is 49.1 Å². The monoisotopic (exact) mass is 287 g/mol. The van der Waals surface area contributed by atoms with E-state index >= 15 is 0 Å². The Morgan fingerprint density at radius 2 is 1.95 bits per heavy atom. The molecule has 1 N–H and O–H groups in total. The largest absolute Gasteiger partial charge is 0.471 e. The van der Waals surface area contributed by atoms with Crippen molar-refractivity contribution in [3.63, 3.8) is 0 Å². The van der Waals surface area contributed by atoms with Crippen molar-refractivity contribution in [2.24, 2.45) is 0 Å². The smallest absolute Gasteiger partial charge is 0.457 e. The minimum absolute atomic E-state index is 0.484. The van der Waals surface area contributed by atoms with Crippen molar-refractivity contribution in [1.29, 1.82) is 0 Å². The summed E-state index contributed by atoms with van der Waals surface area (Å²) in [5.41, 5.74) is 0. The Kier molecular flexibility index (Phi) is 4.72. The third-order valence-electron chi connectivity index (χ3n) is 2.58. The first-order valence-electron chi connectivity index (χ1n) is 5.43. The van der Waals surface area contributed by atoms with Crippen molar-refractivity contribution in [3.05, 3.63) is 0 Å². The lowest BCUT2D eigenvalue weighted by Gasteiger charge is -2.38. The van der Waals surface area contributed by atoms with Crippen LogP contribution in [0.25, 0.3) is 0 Å². The zero-order valence-corrected chi connectivity index (χ0v) is 10.2. The van der Waals surface area contributed by atoms with Crippen LogP contribution < -0.4 is 5.32 Å². The van der Waals surface area contributed by atoms with Crippen molar-refractivity contribution in [3.8, 4) is 0 Å². The van der Waals surface area contributed by atoms with Crippen molar-refractivity contribution >= 4 is 11.9 Å². The topological polar surface area (TPSA) is 64.6 Å². The summed E-state index contributed by atoms with van der Waals surface area (Å²) in [4.78, 5) is 21.7. The molecule has 1 fully saturated rings. The Bertz CT molecular complexity index is 360. The highest BCUT2D eigenvalue weighted by Crippen LogP contribution is 2.23. The first kappa shape index (κ1) is 15.7. The molecule has 110 valence electrons. The van der Waals surface area contributed by atoms with Gasteiger partial charge in [0.05, 0.1) is 12.7 Å². The van der Waals surface area contributed by atoms with Crippen LogP contribution in [0.5, 0.6) is 0 Å². The van der Waals surface area contributed by atoms with Gasteiger partial charge >= 0.3 is 18.1 Å². The summed E-state index contributed by atoms with van der Waals surface area (Å²) in [6.45, 7) is 1.95. The van der Waals surface area contributed by atoms with Gasteiger partial charge < -0.3 is 14.8 Å². The molecule has 0 aromatic carbocycles. The summed E-state index contributed by atoms with van der Waals surface area (Å²) < 4.78 is 59.6. The molecule has 0 bridgehead atoms. The third kappa shape index (κ3) is 4.05. The van der Waals surface area contributed by atoms with E-state index in [2.05, 4.69) is 0 Å². The average Bonchev–Trinajstić information content (AvgIpc) is 2.26. The van der Waals surface area contributed by atoms with Crippen LogP contribution in [0.15, 0.2) is 0 Å². The molecular formula is C10H13F4NO4. The molecule has 1 aliphatic heterocycles. The van der Waals surface area contributed by atoms with Gasteiger partial charge in [0.25, 0.3) is 0 Å². The predicted octanol–water partition coefficient (Wildman–Crippen LogP) is 0.722. The van der Waals surface area contributed by atoms with E-state index in [-0.39, 0.29) is 0 Å². The van der Waals surface area contributed by atoms with Crippen LogP contribution in [0.3, 0.4) is 0 Å². The van der Waals surface area contributed by atoms with E-state index in [1.54, 1.807) is 0 Å². The van der Waals surface area contributed by atoms with Gasteiger partial charge in [0.15, 0.2) is 6.10 Å². The number of alkyl halides is 4. The highest BCUT2D eigenvalue weighted by Gasteiger charge is 2.47. The minimum Gasteiger partial charge on any atom is -0.457 e. The molecule has 0 aromatic rings. The second-order valence-corrected chi connectivity index (χ2v) is 4.13. The molecule has 0 saturated carbocycles. The molecule has 0 radical (unpaired) electrons. The van der Waals surface area contributed by atoms with Gasteiger partial charge in [-0.15, -0.1) is 0 Å². The normalized spacial score (nSPS) is 31.7. The molecule has 1 heterocycles. The molecule has 1 amide bonds. The number of halogens is 4. The Labute approximate surface area is 106 Å². The van der Waals surface area contributed by atoms with Gasteiger partial charge in [-0.3, -0.25) is 9.59 Å². The van der Waals surface area contributed by atoms with Crippen molar-refractivity contribution < 1.29 is 36.6 Å². The zero-order chi connectivity index (χ0) is 14.8. The van der Waals surface area contributed by atoms with Crippen LogP contribution in [-0.4, -0.2) is 49.1 Å². The molecule has 4 atom stereocenters. The maximum atomic E-state index is 13.6. The summed E-state index contributed by atoms with van der Waals surface area (Å²) >= 11 is 0. The Morgan fingerprint density at radius 1 is 1.37 bits per heavy atom. The van der Waals surface area contributed by atoms with Gasteiger partial charge in [-0.05, 0) is 6.92 Å². The molecule has 5 nitrogen and oxygen atoms in total. The summed E-state index contributed by atoms with van der Waals surface area (Å²) in [7, 11) is 0. The molecular weight excluding hydrogens is 274 g/mol. The molecule has 1 aliphatic rings. The molecule has 0 spiro atoms. The van der Waals surface area contributed by atoms with Gasteiger partial charge in [-0.1, -0.05) is 0 Å². The second kappa shape index (κ2) is 5.72. The van der Waals surface area contributed by atoms with Gasteiger partial charge in [0.1, 0.15) is 12.2 Å². The predicted molar refractivity (Wildman–Crippen MR) is 53.8 cm³/mol. The molecule has 0 unspecified atom stereocenters. The maximum Gasteiger partial charge on any atom is 0.471 e.